The zero-order valence-corrected chi connectivity index (χ0v) is 12.7. The zero-order valence-electron chi connectivity index (χ0n) is 12.7. The van der Waals surface area contributed by atoms with Gasteiger partial charge in [0.15, 0.2) is 0 Å². The third-order valence-electron chi connectivity index (χ3n) is 4.15. The maximum Gasteiger partial charge on any atom is 0.223 e. The lowest BCUT2D eigenvalue weighted by molar-refractivity contribution is -0.132. The first-order valence-corrected chi connectivity index (χ1v) is 7.76. The number of aryl methyl sites for hydroxylation is 1. The summed E-state index contributed by atoms with van der Waals surface area (Å²) in [4.78, 5) is 18.4. The molecule has 120 valence electrons. The molecule has 1 N–H and O–H groups in total. The molecule has 1 amide bonds. The molecule has 4 nitrogen and oxygen atoms in total. The molecule has 0 bridgehead atoms. The number of aromatic nitrogens is 1. The molecule has 0 unspecified atom stereocenters. The minimum Gasteiger partial charge on any atom is -0.391 e. The van der Waals surface area contributed by atoms with Gasteiger partial charge in [-0.15, -0.1) is 0 Å². The van der Waals surface area contributed by atoms with Crippen LogP contribution in [0.3, 0.4) is 0 Å². The van der Waals surface area contributed by atoms with E-state index in [1.54, 1.807) is 23.2 Å². The number of carbonyl (C=O) groups is 1. The third-order valence-corrected chi connectivity index (χ3v) is 4.15. The van der Waals surface area contributed by atoms with Crippen LogP contribution in [0.5, 0.6) is 0 Å². The Kier molecular flexibility index (Phi) is 4.67. The SMILES string of the molecule is O=C(CCc1ccccn1)N1C[C@H](O)C[C@H]1c1cccc(F)c1. The van der Waals surface area contributed by atoms with Gasteiger partial charge in [0, 0.05) is 24.9 Å². The van der Waals surface area contributed by atoms with Crippen LogP contribution in [-0.2, 0) is 11.2 Å². The number of rotatable bonds is 4. The fourth-order valence-electron chi connectivity index (χ4n) is 3.04. The highest BCUT2D eigenvalue weighted by molar-refractivity contribution is 5.77. The maximum atomic E-state index is 13.4. The molecular formula is C18H19FN2O2. The van der Waals surface area contributed by atoms with Crippen molar-refractivity contribution in [3.8, 4) is 0 Å². The highest BCUT2D eigenvalue weighted by Crippen LogP contribution is 2.33. The van der Waals surface area contributed by atoms with E-state index in [1.165, 1.54) is 12.1 Å². The van der Waals surface area contributed by atoms with E-state index < -0.39 is 6.10 Å². The van der Waals surface area contributed by atoms with Crippen LogP contribution in [0.25, 0.3) is 0 Å². The van der Waals surface area contributed by atoms with Crippen LogP contribution < -0.4 is 0 Å². The minimum absolute atomic E-state index is 0.0403. The molecule has 1 fully saturated rings. The van der Waals surface area contributed by atoms with Crippen LogP contribution >= 0.6 is 0 Å². The van der Waals surface area contributed by atoms with Crippen LogP contribution in [-0.4, -0.2) is 33.5 Å². The van der Waals surface area contributed by atoms with Gasteiger partial charge in [0.05, 0.1) is 12.1 Å². The van der Waals surface area contributed by atoms with Crippen molar-refractivity contribution >= 4 is 5.91 Å². The van der Waals surface area contributed by atoms with Gasteiger partial charge in [0.2, 0.25) is 5.91 Å². The molecule has 2 aromatic rings. The summed E-state index contributed by atoms with van der Waals surface area (Å²) in [5, 5.41) is 9.93. The summed E-state index contributed by atoms with van der Waals surface area (Å²) in [6.07, 6.45) is 2.47. The predicted octanol–water partition coefficient (Wildman–Crippen LogP) is 2.49. The Labute approximate surface area is 134 Å². The average molecular weight is 314 g/mol. The number of amides is 1. The van der Waals surface area contributed by atoms with Crippen molar-refractivity contribution in [2.45, 2.75) is 31.4 Å². The number of carbonyl (C=O) groups excluding carboxylic acids is 1. The van der Waals surface area contributed by atoms with Gasteiger partial charge in [0.1, 0.15) is 5.82 Å². The smallest absolute Gasteiger partial charge is 0.223 e. The van der Waals surface area contributed by atoms with E-state index in [1.807, 2.05) is 18.2 Å². The van der Waals surface area contributed by atoms with Crippen molar-refractivity contribution in [3.05, 3.63) is 65.7 Å². The Morgan fingerprint density at radius 3 is 2.91 bits per heavy atom. The molecule has 23 heavy (non-hydrogen) atoms. The number of hydrogen-bond donors (Lipinski definition) is 1. The number of hydrogen-bond acceptors (Lipinski definition) is 3. The molecular weight excluding hydrogens is 295 g/mol. The van der Waals surface area contributed by atoms with E-state index in [0.717, 1.165) is 11.3 Å². The van der Waals surface area contributed by atoms with E-state index in [-0.39, 0.29) is 17.8 Å². The van der Waals surface area contributed by atoms with Crippen LogP contribution in [0, 0.1) is 5.82 Å². The predicted molar refractivity (Wildman–Crippen MR) is 84.0 cm³/mol. The lowest BCUT2D eigenvalue weighted by atomic mass is 10.0. The van der Waals surface area contributed by atoms with E-state index in [4.69, 9.17) is 0 Å². The van der Waals surface area contributed by atoms with Crippen LogP contribution in [0.1, 0.15) is 30.1 Å². The molecule has 3 rings (SSSR count). The molecule has 0 spiro atoms. The second-order valence-electron chi connectivity index (χ2n) is 5.83. The Morgan fingerprint density at radius 2 is 2.17 bits per heavy atom. The van der Waals surface area contributed by atoms with Gasteiger partial charge in [-0.05, 0) is 42.7 Å². The van der Waals surface area contributed by atoms with Gasteiger partial charge in [0.25, 0.3) is 0 Å². The van der Waals surface area contributed by atoms with E-state index in [2.05, 4.69) is 4.98 Å². The molecule has 0 radical (unpaired) electrons. The molecule has 0 saturated carbocycles. The van der Waals surface area contributed by atoms with E-state index in [9.17, 15) is 14.3 Å². The van der Waals surface area contributed by atoms with Gasteiger partial charge in [-0.3, -0.25) is 9.78 Å². The monoisotopic (exact) mass is 314 g/mol. The first kappa shape index (κ1) is 15.6. The zero-order chi connectivity index (χ0) is 16.2. The van der Waals surface area contributed by atoms with Crippen molar-refractivity contribution < 1.29 is 14.3 Å². The first-order valence-electron chi connectivity index (χ1n) is 7.76. The van der Waals surface area contributed by atoms with Crippen LogP contribution in [0.4, 0.5) is 4.39 Å². The molecule has 2 atom stereocenters. The van der Waals surface area contributed by atoms with E-state index in [0.29, 0.717) is 25.8 Å². The lowest BCUT2D eigenvalue weighted by Crippen LogP contribution is -2.32. The number of β-amino-alcohol motifs (C(OH)–C–C–N with tert-alkyl or cyclic N) is 1. The Bertz CT molecular complexity index is 678. The fraction of sp³-hybridized carbons (Fsp3) is 0.333. The summed E-state index contributed by atoms with van der Waals surface area (Å²) >= 11 is 0. The van der Waals surface area contributed by atoms with Crippen molar-refractivity contribution in [2.24, 2.45) is 0 Å². The fourth-order valence-corrected chi connectivity index (χ4v) is 3.04. The second-order valence-corrected chi connectivity index (χ2v) is 5.83. The summed E-state index contributed by atoms with van der Waals surface area (Å²) in [5.41, 5.74) is 1.59. The molecule has 1 saturated heterocycles. The summed E-state index contributed by atoms with van der Waals surface area (Å²) in [5.74, 6) is -0.369. The maximum absolute atomic E-state index is 13.4. The van der Waals surface area contributed by atoms with Crippen molar-refractivity contribution in [1.82, 2.24) is 9.88 Å². The first-order chi connectivity index (χ1) is 11.1. The summed E-state index contributed by atoms with van der Waals surface area (Å²) in [6.45, 7) is 0.294. The lowest BCUT2D eigenvalue weighted by Gasteiger charge is -2.25. The molecule has 1 aromatic heterocycles. The second kappa shape index (κ2) is 6.87. The number of halogens is 1. The number of nitrogens with zero attached hydrogens (tertiary/aromatic N) is 2. The number of pyridine rings is 1. The number of likely N-dealkylation sites (tertiary alicyclic amines) is 1. The summed E-state index contributed by atoms with van der Waals surface area (Å²) in [7, 11) is 0. The van der Waals surface area contributed by atoms with Crippen molar-refractivity contribution in [1.29, 1.82) is 0 Å². The van der Waals surface area contributed by atoms with E-state index >= 15 is 0 Å². The van der Waals surface area contributed by atoms with Crippen LogP contribution in [0.2, 0.25) is 0 Å². The Balaban J connectivity index is 1.70. The Morgan fingerprint density at radius 1 is 1.30 bits per heavy atom. The molecule has 1 aromatic carbocycles. The number of aliphatic hydroxyl groups is 1. The highest BCUT2D eigenvalue weighted by Gasteiger charge is 2.35. The van der Waals surface area contributed by atoms with Gasteiger partial charge in [-0.25, -0.2) is 4.39 Å². The molecule has 1 aliphatic heterocycles. The van der Waals surface area contributed by atoms with Gasteiger partial charge < -0.3 is 10.0 Å². The van der Waals surface area contributed by atoms with Gasteiger partial charge in [-0.1, -0.05) is 18.2 Å². The average Bonchev–Trinajstić information content (AvgIpc) is 2.96. The summed E-state index contributed by atoms with van der Waals surface area (Å²) < 4.78 is 13.4. The van der Waals surface area contributed by atoms with Crippen molar-refractivity contribution in [3.63, 3.8) is 0 Å². The normalized spacial score (nSPS) is 20.7. The largest absolute Gasteiger partial charge is 0.391 e. The summed E-state index contributed by atoms with van der Waals surface area (Å²) in [6, 6.07) is 11.6. The van der Waals surface area contributed by atoms with Crippen molar-refractivity contribution in [2.75, 3.05) is 6.54 Å². The quantitative estimate of drug-likeness (QED) is 0.943. The molecule has 5 heteroatoms. The minimum atomic E-state index is -0.568. The Hall–Kier alpha value is -2.27. The van der Waals surface area contributed by atoms with Gasteiger partial charge in [-0.2, -0.15) is 0 Å². The number of aliphatic hydroxyl groups excluding tert-OH is 1. The van der Waals surface area contributed by atoms with Crippen LogP contribution in [0.15, 0.2) is 48.7 Å². The standard InChI is InChI=1S/C18H19FN2O2/c19-14-5-3-4-13(10-14)17-11-16(22)12-21(17)18(23)8-7-15-6-1-2-9-20-15/h1-6,9-10,16-17,22H,7-8,11-12H2/t16-,17+/m1/s1. The topological polar surface area (TPSA) is 53.4 Å². The third kappa shape index (κ3) is 3.74. The highest BCUT2D eigenvalue weighted by atomic mass is 19.1. The molecule has 2 heterocycles. The van der Waals surface area contributed by atoms with Gasteiger partial charge >= 0.3 is 0 Å². The molecule has 1 aliphatic rings. The number of benzene rings is 1. The molecule has 0 aliphatic carbocycles.